The van der Waals surface area contributed by atoms with Gasteiger partial charge in [0.1, 0.15) is 6.04 Å². The van der Waals surface area contributed by atoms with Crippen LogP contribution in [0.2, 0.25) is 0 Å². The summed E-state index contributed by atoms with van der Waals surface area (Å²) >= 11 is 0. The minimum Gasteiger partial charge on any atom is -0.344 e. The largest absolute Gasteiger partial charge is 0.344 e. The third kappa shape index (κ3) is 3.24. The van der Waals surface area contributed by atoms with Gasteiger partial charge in [0.2, 0.25) is 5.91 Å². The molecule has 3 heterocycles. The molecule has 126 valence electrons. The maximum Gasteiger partial charge on any atom is 0.272 e. The number of aryl methyl sites for hydroxylation is 1. The first-order valence-electron chi connectivity index (χ1n) is 8.32. The first-order valence-corrected chi connectivity index (χ1v) is 8.32. The standard InChI is InChI=1S/C16H25N5O2/c1-11(2)20-6-4-7-21-12(10-20)9-14(18-21)15(22)17-13-5-8-19(3)16(13)23/h9,11,13H,4-8,10H2,1-3H3,(H,17,22)/t13-/m1/s1. The Morgan fingerprint density at radius 2 is 2.13 bits per heavy atom. The van der Waals surface area contributed by atoms with Gasteiger partial charge in [0.15, 0.2) is 5.69 Å². The van der Waals surface area contributed by atoms with Crippen molar-refractivity contribution in [2.75, 3.05) is 20.1 Å². The summed E-state index contributed by atoms with van der Waals surface area (Å²) in [5.74, 6) is -0.277. The second-order valence-corrected chi connectivity index (χ2v) is 6.74. The summed E-state index contributed by atoms with van der Waals surface area (Å²) < 4.78 is 1.93. The molecule has 0 radical (unpaired) electrons. The number of nitrogens with zero attached hydrogens (tertiary/aromatic N) is 4. The average Bonchev–Trinajstić information content (AvgIpc) is 2.98. The Morgan fingerprint density at radius 1 is 1.35 bits per heavy atom. The number of carbonyl (C=O) groups excluding carboxylic acids is 2. The van der Waals surface area contributed by atoms with E-state index < -0.39 is 6.04 Å². The van der Waals surface area contributed by atoms with E-state index in [1.54, 1.807) is 11.9 Å². The number of aromatic nitrogens is 2. The molecule has 1 aromatic rings. The van der Waals surface area contributed by atoms with Crippen LogP contribution in [0.25, 0.3) is 0 Å². The van der Waals surface area contributed by atoms with Crippen LogP contribution in [0.1, 0.15) is 42.9 Å². The molecule has 23 heavy (non-hydrogen) atoms. The molecule has 3 rings (SSSR count). The number of fused-ring (bicyclic) bond motifs is 1. The van der Waals surface area contributed by atoms with Gasteiger partial charge in [-0.3, -0.25) is 19.2 Å². The van der Waals surface area contributed by atoms with Crippen molar-refractivity contribution in [1.82, 2.24) is 24.9 Å². The summed E-state index contributed by atoms with van der Waals surface area (Å²) in [5.41, 5.74) is 1.48. The number of carbonyl (C=O) groups is 2. The second-order valence-electron chi connectivity index (χ2n) is 6.74. The molecule has 1 aromatic heterocycles. The Labute approximate surface area is 136 Å². The highest BCUT2D eigenvalue weighted by Crippen LogP contribution is 2.16. The monoisotopic (exact) mass is 319 g/mol. The maximum atomic E-state index is 12.4. The third-order valence-corrected chi connectivity index (χ3v) is 4.74. The van der Waals surface area contributed by atoms with Gasteiger partial charge in [-0.1, -0.05) is 0 Å². The first-order chi connectivity index (χ1) is 11.0. The van der Waals surface area contributed by atoms with Gasteiger partial charge in [0, 0.05) is 39.3 Å². The predicted octanol–water partition coefficient (Wildman–Crippen LogP) is 0.458. The highest BCUT2D eigenvalue weighted by molar-refractivity contribution is 5.96. The van der Waals surface area contributed by atoms with Crippen molar-refractivity contribution >= 4 is 11.8 Å². The Morgan fingerprint density at radius 3 is 2.78 bits per heavy atom. The molecular formula is C16H25N5O2. The topological polar surface area (TPSA) is 70.5 Å². The normalized spacial score (nSPS) is 22.3. The SMILES string of the molecule is CC(C)N1CCCn2nc(C(=O)N[C@@H]3CCN(C)C3=O)cc2C1. The van der Waals surface area contributed by atoms with Gasteiger partial charge in [0.25, 0.3) is 5.91 Å². The van der Waals surface area contributed by atoms with Crippen LogP contribution >= 0.6 is 0 Å². The lowest BCUT2D eigenvalue weighted by molar-refractivity contribution is -0.128. The molecule has 0 saturated carbocycles. The molecule has 1 fully saturated rings. The van der Waals surface area contributed by atoms with Crippen LogP contribution in [-0.4, -0.2) is 63.6 Å². The quantitative estimate of drug-likeness (QED) is 0.878. The smallest absolute Gasteiger partial charge is 0.272 e. The average molecular weight is 319 g/mol. The fourth-order valence-electron chi connectivity index (χ4n) is 3.23. The summed E-state index contributed by atoms with van der Waals surface area (Å²) in [7, 11) is 1.76. The van der Waals surface area contributed by atoms with Crippen LogP contribution < -0.4 is 5.32 Å². The van der Waals surface area contributed by atoms with Gasteiger partial charge < -0.3 is 10.2 Å². The molecule has 0 aromatic carbocycles. The Balaban J connectivity index is 1.71. The Kier molecular flexibility index (Phi) is 4.39. The van der Waals surface area contributed by atoms with Crippen LogP contribution in [0.4, 0.5) is 0 Å². The summed E-state index contributed by atoms with van der Waals surface area (Å²) in [6, 6.07) is 1.92. The molecule has 1 saturated heterocycles. The van der Waals surface area contributed by atoms with Crippen molar-refractivity contribution in [2.24, 2.45) is 0 Å². The van der Waals surface area contributed by atoms with Gasteiger partial charge >= 0.3 is 0 Å². The van der Waals surface area contributed by atoms with Gasteiger partial charge in [0.05, 0.1) is 5.69 Å². The highest BCUT2D eigenvalue weighted by atomic mass is 16.2. The molecule has 2 aliphatic heterocycles. The fraction of sp³-hybridized carbons (Fsp3) is 0.688. The third-order valence-electron chi connectivity index (χ3n) is 4.74. The molecule has 0 spiro atoms. The second kappa shape index (κ2) is 6.31. The van der Waals surface area contributed by atoms with Crippen molar-refractivity contribution < 1.29 is 9.59 Å². The molecule has 7 nitrogen and oxygen atoms in total. The number of hydrogen-bond donors (Lipinski definition) is 1. The number of likely N-dealkylation sites (N-methyl/N-ethyl adjacent to an activating group) is 1. The number of rotatable bonds is 3. The molecule has 0 aliphatic carbocycles. The van der Waals surface area contributed by atoms with Crippen LogP contribution in [0.3, 0.4) is 0 Å². The molecule has 1 N–H and O–H groups in total. The van der Waals surface area contributed by atoms with E-state index in [-0.39, 0.29) is 11.8 Å². The molecule has 0 unspecified atom stereocenters. The molecule has 2 amide bonds. The number of nitrogens with one attached hydrogen (secondary N) is 1. The first kappa shape index (κ1) is 16.0. The zero-order valence-electron chi connectivity index (χ0n) is 14.1. The van der Waals surface area contributed by atoms with Crippen LogP contribution in [0.5, 0.6) is 0 Å². The minimum atomic E-state index is -0.416. The van der Waals surface area contributed by atoms with Crippen molar-refractivity contribution in [3.8, 4) is 0 Å². The number of amides is 2. The van der Waals surface area contributed by atoms with E-state index in [4.69, 9.17) is 0 Å². The zero-order chi connectivity index (χ0) is 16.6. The van der Waals surface area contributed by atoms with Gasteiger partial charge in [-0.05, 0) is 32.8 Å². The zero-order valence-corrected chi connectivity index (χ0v) is 14.1. The van der Waals surface area contributed by atoms with E-state index in [1.807, 2.05) is 10.7 Å². The van der Waals surface area contributed by atoms with E-state index in [1.165, 1.54) is 0 Å². The van der Waals surface area contributed by atoms with Crippen molar-refractivity contribution in [1.29, 1.82) is 0 Å². The maximum absolute atomic E-state index is 12.4. The molecule has 1 atom stereocenters. The molecular weight excluding hydrogens is 294 g/mol. The Hall–Kier alpha value is -1.89. The van der Waals surface area contributed by atoms with E-state index in [0.717, 1.165) is 31.7 Å². The van der Waals surface area contributed by atoms with Gasteiger partial charge in [-0.15, -0.1) is 0 Å². The lowest BCUT2D eigenvalue weighted by atomic mass is 10.2. The Bertz CT molecular complexity index is 610. The van der Waals surface area contributed by atoms with Crippen molar-refractivity contribution in [2.45, 2.75) is 51.9 Å². The highest BCUT2D eigenvalue weighted by Gasteiger charge is 2.31. The van der Waals surface area contributed by atoms with Crippen molar-refractivity contribution in [3.05, 3.63) is 17.5 Å². The lowest BCUT2D eigenvalue weighted by Gasteiger charge is -2.23. The minimum absolute atomic E-state index is 0.0231. The van der Waals surface area contributed by atoms with Crippen LogP contribution in [0.15, 0.2) is 6.07 Å². The van der Waals surface area contributed by atoms with Crippen LogP contribution in [0, 0.1) is 0 Å². The fourth-order valence-corrected chi connectivity index (χ4v) is 3.23. The van der Waals surface area contributed by atoms with Crippen LogP contribution in [-0.2, 0) is 17.9 Å². The summed E-state index contributed by atoms with van der Waals surface area (Å²) in [5, 5.41) is 7.26. The summed E-state index contributed by atoms with van der Waals surface area (Å²) in [6.45, 7) is 7.74. The van der Waals surface area contributed by atoms with Crippen molar-refractivity contribution in [3.63, 3.8) is 0 Å². The van der Waals surface area contributed by atoms with E-state index in [2.05, 4.69) is 29.2 Å². The number of hydrogen-bond acceptors (Lipinski definition) is 4. The predicted molar refractivity (Wildman–Crippen MR) is 85.9 cm³/mol. The van der Waals surface area contributed by atoms with E-state index in [9.17, 15) is 9.59 Å². The van der Waals surface area contributed by atoms with E-state index in [0.29, 0.717) is 24.7 Å². The summed E-state index contributed by atoms with van der Waals surface area (Å²) in [4.78, 5) is 28.3. The lowest BCUT2D eigenvalue weighted by Crippen LogP contribution is -2.40. The number of likely N-dealkylation sites (tertiary alicyclic amines) is 1. The van der Waals surface area contributed by atoms with Gasteiger partial charge in [-0.2, -0.15) is 5.10 Å². The summed E-state index contributed by atoms with van der Waals surface area (Å²) in [6.07, 6.45) is 1.69. The van der Waals surface area contributed by atoms with E-state index >= 15 is 0 Å². The molecule has 0 bridgehead atoms. The molecule has 2 aliphatic rings. The van der Waals surface area contributed by atoms with Gasteiger partial charge in [-0.25, -0.2) is 0 Å². The molecule has 7 heteroatoms.